The van der Waals surface area contributed by atoms with Crippen molar-refractivity contribution in [1.82, 2.24) is 29.4 Å². The van der Waals surface area contributed by atoms with Gasteiger partial charge in [0.2, 0.25) is 5.91 Å². The number of rotatable bonds is 5. The monoisotopic (exact) mass is 500 g/mol. The smallest absolute Gasteiger partial charge is 0.406 e. The van der Waals surface area contributed by atoms with E-state index in [1.54, 1.807) is 19.6 Å². The lowest BCUT2D eigenvalue weighted by Crippen LogP contribution is -2.53. The summed E-state index contributed by atoms with van der Waals surface area (Å²) < 4.78 is 49.2. The standard InChI is InChI=1S/C25H27F3N6O2/c1-14-10-32(13-29-14)20-7-6-15(8-22(20)36-2)19-11-34(31-30-19)23-18-9-21(17-5-3-4-16(17)18)33(24(23)35)12-25(26,27)28/h6-8,10-11,13,16-18,21,23H,3-5,9,12H2,1-2H3/t16-,17+,18+,21-,23+/m0/s1. The molecule has 0 N–H and O–H groups in total. The fourth-order valence-electron chi connectivity index (χ4n) is 6.74. The molecule has 3 aromatic rings. The summed E-state index contributed by atoms with van der Waals surface area (Å²) >= 11 is 0. The Morgan fingerprint density at radius 2 is 1.94 bits per heavy atom. The molecular formula is C25H27F3N6O2. The predicted molar refractivity (Wildman–Crippen MR) is 123 cm³/mol. The molecule has 5 atom stereocenters. The van der Waals surface area contributed by atoms with Gasteiger partial charge in [-0.05, 0) is 56.1 Å². The number of imidazole rings is 1. The van der Waals surface area contributed by atoms with Gasteiger partial charge in [0.1, 0.15) is 24.0 Å². The first kappa shape index (κ1) is 23.1. The maximum atomic E-state index is 13.5. The van der Waals surface area contributed by atoms with Crippen LogP contribution in [0, 0.1) is 24.7 Å². The molecule has 2 aliphatic carbocycles. The van der Waals surface area contributed by atoms with E-state index in [9.17, 15) is 18.0 Å². The Balaban J connectivity index is 1.33. The van der Waals surface area contributed by atoms with E-state index in [0.29, 0.717) is 17.9 Å². The molecule has 2 saturated carbocycles. The number of benzene rings is 1. The molecule has 2 aromatic heterocycles. The van der Waals surface area contributed by atoms with Crippen molar-refractivity contribution in [2.75, 3.05) is 13.7 Å². The summed E-state index contributed by atoms with van der Waals surface area (Å²) in [4.78, 5) is 18.8. The van der Waals surface area contributed by atoms with Crippen molar-refractivity contribution >= 4 is 5.91 Å². The minimum Gasteiger partial charge on any atom is -0.495 e. The minimum atomic E-state index is -4.44. The van der Waals surface area contributed by atoms with Gasteiger partial charge >= 0.3 is 6.18 Å². The highest BCUT2D eigenvalue weighted by Crippen LogP contribution is 2.56. The Morgan fingerprint density at radius 1 is 1.14 bits per heavy atom. The quantitative estimate of drug-likeness (QED) is 0.525. The zero-order valence-corrected chi connectivity index (χ0v) is 20.0. The van der Waals surface area contributed by atoms with Crippen molar-refractivity contribution in [3.63, 3.8) is 0 Å². The molecule has 36 heavy (non-hydrogen) atoms. The fourth-order valence-corrected chi connectivity index (χ4v) is 6.74. The van der Waals surface area contributed by atoms with Crippen molar-refractivity contribution < 1.29 is 22.7 Å². The van der Waals surface area contributed by atoms with Crippen molar-refractivity contribution in [2.24, 2.45) is 17.8 Å². The van der Waals surface area contributed by atoms with Crippen molar-refractivity contribution in [3.05, 3.63) is 42.6 Å². The molecule has 8 nitrogen and oxygen atoms in total. The van der Waals surface area contributed by atoms with E-state index in [1.807, 2.05) is 35.9 Å². The lowest BCUT2D eigenvalue weighted by atomic mass is 9.85. The van der Waals surface area contributed by atoms with Gasteiger partial charge < -0.3 is 14.2 Å². The molecule has 2 bridgehead atoms. The SMILES string of the molecule is COc1cc(-c2cn([C@H]3C(=O)N(CC(F)(F)F)[C@H]4C[C@@H]3[C@H]3CCC[C@H]34)nn2)ccc1-n1cnc(C)c1. The summed E-state index contributed by atoms with van der Waals surface area (Å²) in [6, 6.07) is 4.48. The summed E-state index contributed by atoms with van der Waals surface area (Å²) in [5.41, 5.74) is 2.94. The number of likely N-dealkylation sites (tertiary alicyclic amines) is 1. The average molecular weight is 501 g/mol. The molecule has 1 amide bonds. The maximum absolute atomic E-state index is 13.5. The molecule has 1 saturated heterocycles. The molecule has 1 aliphatic heterocycles. The van der Waals surface area contributed by atoms with E-state index in [4.69, 9.17) is 4.74 Å². The third kappa shape index (κ3) is 3.75. The van der Waals surface area contributed by atoms with Crippen LogP contribution in [0.2, 0.25) is 0 Å². The molecule has 11 heteroatoms. The van der Waals surface area contributed by atoms with Crippen LogP contribution in [0.4, 0.5) is 13.2 Å². The van der Waals surface area contributed by atoms with E-state index in [1.165, 1.54) is 4.68 Å². The fraction of sp³-hybridized carbons (Fsp3) is 0.520. The van der Waals surface area contributed by atoms with Crippen LogP contribution in [0.3, 0.4) is 0 Å². The summed E-state index contributed by atoms with van der Waals surface area (Å²) in [5.74, 6) is 0.473. The second-order valence-corrected chi connectivity index (χ2v) is 10.1. The van der Waals surface area contributed by atoms with E-state index in [2.05, 4.69) is 15.3 Å². The Labute approximate surface area is 206 Å². The van der Waals surface area contributed by atoms with Crippen molar-refractivity contribution in [1.29, 1.82) is 0 Å². The molecule has 0 unspecified atom stereocenters. The van der Waals surface area contributed by atoms with Crippen LogP contribution < -0.4 is 4.74 Å². The number of ether oxygens (including phenoxy) is 1. The van der Waals surface area contributed by atoms with E-state index in [0.717, 1.165) is 41.1 Å². The van der Waals surface area contributed by atoms with Crippen molar-refractivity contribution in [3.8, 4) is 22.7 Å². The molecule has 190 valence electrons. The first-order valence-electron chi connectivity index (χ1n) is 12.2. The van der Waals surface area contributed by atoms with Gasteiger partial charge in [0.15, 0.2) is 0 Å². The summed E-state index contributed by atoms with van der Waals surface area (Å²) in [7, 11) is 1.58. The van der Waals surface area contributed by atoms with Crippen LogP contribution in [-0.4, -0.2) is 61.2 Å². The number of fused-ring (bicyclic) bond motifs is 5. The number of amides is 1. The summed E-state index contributed by atoms with van der Waals surface area (Å²) in [5, 5.41) is 8.54. The summed E-state index contributed by atoms with van der Waals surface area (Å²) in [6.45, 7) is 0.690. The minimum absolute atomic E-state index is 0.0181. The number of halogens is 3. The van der Waals surface area contributed by atoms with E-state index in [-0.39, 0.29) is 23.8 Å². The first-order valence-corrected chi connectivity index (χ1v) is 12.2. The van der Waals surface area contributed by atoms with Crippen LogP contribution in [0.25, 0.3) is 16.9 Å². The Kier molecular flexibility index (Phi) is 5.34. The predicted octanol–water partition coefficient (Wildman–Crippen LogP) is 4.20. The number of hydrogen-bond acceptors (Lipinski definition) is 5. The number of carbonyl (C=O) groups is 1. The average Bonchev–Trinajstić information content (AvgIpc) is 3.62. The topological polar surface area (TPSA) is 78.1 Å². The lowest BCUT2D eigenvalue weighted by Gasteiger charge is -2.39. The van der Waals surface area contributed by atoms with Gasteiger partial charge in [0, 0.05) is 17.8 Å². The van der Waals surface area contributed by atoms with Gasteiger partial charge in [-0.2, -0.15) is 13.2 Å². The molecule has 0 spiro atoms. The molecule has 3 aliphatic rings. The zero-order chi connectivity index (χ0) is 25.2. The Morgan fingerprint density at radius 3 is 2.67 bits per heavy atom. The van der Waals surface area contributed by atoms with Crippen LogP contribution in [0.15, 0.2) is 36.9 Å². The molecule has 6 rings (SSSR count). The van der Waals surface area contributed by atoms with E-state index < -0.39 is 24.7 Å². The number of piperidine rings is 1. The third-order valence-electron chi connectivity index (χ3n) is 8.13. The van der Waals surface area contributed by atoms with Crippen LogP contribution >= 0.6 is 0 Å². The zero-order valence-electron chi connectivity index (χ0n) is 20.0. The van der Waals surface area contributed by atoms with E-state index >= 15 is 0 Å². The molecular weight excluding hydrogens is 473 g/mol. The van der Waals surface area contributed by atoms with Gasteiger partial charge in [-0.1, -0.05) is 17.7 Å². The number of carbonyl (C=O) groups excluding carboxylic acids is 1. The second kappa shape index (κ2) is 8.35. The second-order valence-electron chi connectivity index (χ2n) is 10.1. The van der Waals surface area contributed by atoms with Gasteiger partial charge in [-0.15, -0.1) is 5.10 Å². The number of methoxy groups -OCH3 is 1. The van der Waals surface area contributed by atoms with Gasteiger partial charge in [0.05, 0.1) is 31.0 Å². The molecule has 1 aromatic carbocycles. The maximum Gasteiger partial charge on any atom is 0.406 e. The number of aromatic nitrogens is 5. The molecule has 3 fully saturated rings. The highest BCUT2D eigenvalue weighted by Gasteiger charge is 2.59. The van der Waals surface area contributed by atoms with Gasteiger partial charge in [-0.25, -0.2) is 9.67 Å². The molecule has 3 heterocycles. The van der Waals surface area contributed by atoms with Gasteiger partial charge in [0.25, 0.3) is 0 Å². The number of nitrogens with zero attached hydrogens (tertiary/aromatic N) is 6. The van der Waals surface area contributed by atoms with Crippen LogP contribution in [0.5, 0.6) is 5.75 Å². The van der Waals surface area contributed by atoms with Crippen LogP contribution in [-0.2, 0) is 4.79 Å². The lowest BCUT2D eigenvalue weighted by molar-refractivity contribution is -0.173. The van der Waals surface area contributed by atoms with Crippen LogP contribution in [0.1, 0.15) is 37.4 Å². The first-order chi connectivity index (χ1) is 17.2. The van der Waals surface area contributed by atoms with Crippen molar-refractivity contribution in [2.45, 2.75) is 50.9 Å². The summed E-state index contributed by atoms with van der Waals surface area (Å²) in [6.07, 6.45) is 4.24. The molecule has 0 radical (unpaired) electrons. The highest BCUT2D eigenvalue weighted by atomic mass is 19.4. The third-order valence-corrected chi connectivity index (χ3v) is 8.13. The highest BCUT2D eigenvalue weighted by molar-refractivity contribution is 5.83. The normalized spacial score (nSPS) is 27.5. The van der Waals surface area contributed by atoms with Gasteiger partial charge in [-0.3, -0.25) is 4.79 Å². The number of alkyl halides is 3. The number of aryl methyl sites for hydroxylation is 1. The largest absolute Gasteiger partial charge is 0.495 e. The number of hydrogen-bond donors (Lipinski definition) is 0. The Bertz CT molecular complexity index is 1300. The Hall–Kier alpha value is -3.37.